The molecule has 1 atom stereocenters. The molecular weight excluding hydrogens is 350 g/mol. The van der Waals surface area contributed by atoms with E-state index in [1.165, 1.54) is 12.1 Å². The Kier molecular flexibility index (Phi) is 6.06. The van der Waals surface area contributed by atoms with Crippen molar-refractivity contribution in [1.29, 1.82) is 0 Å². The maximum Gasteiger partial charge on any atom is 0.229 e. The summed E-state index contributed by atoms with van der Waals surface area (Å²) >= 11 is 0. The Bertz CT molecular complexity index is 769. The summed E-state index contributed by atoms with van der Waals surface area (Å²) in [5.41, 5.74) is 2.37. The number of hydrogen-bond acceptors (Lipinski definition) is 3. The molecule has 0 spiro atoms. The van der Waals surface area contributed by atoms with Crippen LogP contribution in [0.1, 0.15) is 12.5 Å². The third-order valence-electron chi connectivity index (χ3n) is 4.83. The van der Waals surface area contributed by atoms with Gasteiger partial charge in [0.25, 0.3) is 0 Å². The van der Waals surface area contributed by atoms with E-state index in [2.05, 4.69) is 4.90 Å². The van der Waals surface area contributed by atoms with Crippen LogP contribution in [0.3, 0.4) is 0 Å². The topological polar surface area (TPSA) is 32.8 Å². The van der Waals surface area contributed by atoms with Crippen LogP contribution in [0.25, 0.3) is 0 Å². The summed E-state index contributed by atoms with van der Waals surface area (Å²) in [4.78, 5) is 16.5. The fraction of sp³-hybridized carbons (Fsp3) is 0.381. The molecule has 4 nitrogen and oxygen atoms in total. The quantitative estimate of drug-likeness (QED) is 0.801. The second kappa shape index (κ2) is 8.48. The lowest BCUT2D eigenvalue weighted by Crippen LogP contribution is -2.36. The summed E-state index contributed by atoms with van der Waals surface area (Å²) in [7, 11) is 1.72. The van der Waals surface area contributed by atoms with Crippen molar-refractivity contribution in [3.05, 3.63) is 59.7 Å². The van der Waals surface area contributed by atoms with Gasteiger partial charge >= 0.3 is 0 Å². The summed E-state index contributed by atoms with van der Waals surface area (Å²) < 4.78 is 32.1. The zero-order chi connectivity index (χ0) is 19.4. The van der Waals surface area contributed by atoms with Gasteiger partial charge in [0.05, 0.1) is 13.2 Å². The molecule has 0 radical (unpaired) electrons. The molecule has 0 unspecified atom stereocenters. The molecule has 1 saturated heterocycles. The number of benzene rings is 2. The van der Waals surface area contributed by atoms with Gasteiger partial charge in [0.2, 0.25) is 5.91 Å². The Morgan fingerprint density at radius 2 is 1.70 bits per heavy atom. The van der Waals surface area contributed by atoms with Crippen molar-refractivity contribution in [2.45, 2.75) is 13.3 Å². The Labute approximate surface area is 158 Å². The van der Waals surface area contributed by atoms with Gasteiger partial charge in [-0.1, -0.05) is 6.92 Å². The van der Waals surface area contributed by atoms with E-state index >= 15 is 0 Å². The predicted molar refractivity (Wildman–Crippen MR) is 102 cm³/mol. The molecule has 0 aromatic heterocycles. The monoisotopic (exact) mass is 374 g/mol. The first kappa shape index (κ1) is 19.3. The van der Waals surface area contributed by atoms with Gasteiger partial charge in [-0.25, -0.2) is 8.78 Å². The van der Waals surface area contributed by atoms with Gasteiger partial charge in [-0.2, -0.15) is 0 Å². The second-order valence-corrected chi connectivity index (χ2v) is 6.90. The van der Waals surface area contributed by atoms with Crippen LogP contribution in [0.15, 0.2) is 42.5 Å². The Hall–Kier alpha value is -2.47. The average molecular weight is 374 g/mol. The van der Waals surface area contributed by atoms with Gasteiger partial charge in [0, 0.05) is 43.5 Å². The lowest BCUT2D eigenvalue weighted by molar-refractivity contribution is -0.121. The van der Waals surface area contributed by atoms with Crippen LogP contribution in [0, 0.1) is 17.6 Å². The molecule has 3 rings (SSSR count). The highest BCUT2D eigenvalue weighted by Crippen LogP contribution is 2.23. The van der Waals surface area contributed by atoms with E-state index in [0.29, 0.717) is 5.56 Å². The molecule has 0 saturated carbocycles. The number of carbonyl (C=O) groups excluding carboxylic acids is 1. The van der Waals surface area contributed by atoms with E-state index < -0.39 is 17.6 Å². The molecule has 0 aliphatic carbocycles. The Morgan fingerprint density at radius 3 is 2.30 bits per heavy atom. The van der Waals surface area contributed by atoms with Gasteiger partial charge in [0.15, 0.2) is 0 Å². The van der Waals surface area contributed by atoms with Crippen LogP contribution in [0.5, 0.6) is 0 Å². The van der Waals surface area contributed by atoms with Crippen LogP contribution >= 0.6 is 0 Å². The smallest absolute Gasteiger partial charge is 0.229 e. The first-order valence-electron chi connectivity index (χ1n) is 9.09. The molecule has 0 bridgehead atoms. The van der Waals surface area contributed by atoms with Crippen LogP contribution < -0.4 is 9.80 Å². The zero-order valence-corrected chi connectivity index (χ0v) is 15.6. The van der Waals surface area contributed by atoms with Crippen molar-refractivity contribution in [2.24, 2.45) is 5.92 Å². The second-order valence-electron chi connectivity index (χ2n) is 6.90. The molecule has 0 N–H and O–H groups in total. The number of halogens is 2. The van der Waals surface area contributed by atoms with Crippen molar-refractivity contribution in [1.82, 2.24) is 0 Å². The number of hydrogen-bond donors (Lipinski definition) is 0. The number of ether oxygens (including phenoxy) is 1. The van der Waals surface area contributed by atoms with Crippen molar-refractivity contribution in [3.8, 4) is 0 Å². The molecule has 1 heterocycles. The predicted octanol–water partition coefficient (Wildman–Crippen LogP) is 3.64. The third kappa shape index (κ3) is 4.83. The van der Waals surface area contributed by atoms with Gasteiger partial charge in [-0.3, -0.25) is 4.79 Å². The average Bonchev–Trinajstić information content (AvgIpc) is 2.67. The number of morpholine rings is 1. The van der Waals surface area contributed by atoms with Crippen molar-refractivity contribution >= 4 is 17.3 Å². The van der Waals surface area contributed by atoms with Crippen LogP contribution in [0.4, 0.5) is 20.2 Å². The summed E-state index contributed by atoms with van der Waals surface area (Å²) in [5, 5.41) is 0. The molecular formula is C21H24F2N2O2. The van der Waals surface area contributed by atoms with E-state index in [1.807, 2.05) is 24.3 Å². The summed E-state index contributed by atoms with van der Waals surface area (Å²) in [6.45, 7) is 4.92. The van der Waals surface area contributed by atoms with E-state index in [9.17, 15) is 13.6 Å². The molecule has 2 aromatic carbocycles. The number of anilines is 2. The maximum absolute atomic E-state index is 13.3. The SMILES string of the molecule is C[C@@H](Cc1cc(F)cc(F)c1)C(=O)N(C)c1ccc(N2CCOCC2)cc1. The lowest BCUT2D eigenvalue weighted by atomic mass is 9.99. The van der Waals surface area contributed by atoms with Crippen molar-refractivity contribution < 1.29 is 18.3 Å². The molecule has 1 aliphatic heterocycles. The van der Waals surface area contributed by atoms with E-state index in [1.54, 1.807) is 18.9 Å². The van der Waals surface area contributed by atoms with Crippen molar-refractivity contribution in [2.75, 3.05) is 43.2 Å². The third-order valence-corrected chi connectivity index (χ3v) is 4.83. The number of carbonyl (C=O) groups is 1. The van der Waals surface area contributed by atoms with Gasteiger partial charge in [-0.05, 0) is 48.4 Å². The van der Waals surface area contributed by atoms with Gasteiger partial charge < -0.3 is 14.5 Å². The van der Waals surface area contributed by atoms with Crippen molar-refractivity contribution in [3.63, 3.8) is 0 Å². The van der Waals surface area contributed by atoms with E-state index in [-0.39, 0.29) is 12.3 Å². The Morgan fingerprint density at radius 1 is 1.11 bits per heavy atom. The first-order valence-corrected chi connectivity index (χ1v) is 9.09. The molecule has 1 amide bonds. The van der Waals surface area contributed by atoms with E-state index in [4.69, 9.17) is 4.74 Å². The summed E-state index contributed by atoms with van der Waals surface area (Å²) in [5.74, 6) is -1.75. The summed E-state index contributed by atoms with van der Waals surface area (Å²) in [6.07, 6.45) is 0.281. The summed E-state index contributed by atoms with van der Waals surface area (Å²) in [6, 6.07) is 11.2. The standard InChI is InChI=1S/C21H24F2N2O2/c1-15(11-16-12-17(22)14-18(23)13-16)21(26)24(2)19-3-5-20(6-4-19)25-7-9-27-10-8-25/h3-6,12-15H,7-11H2,1-2H3/t15-/m0/s1. The highest BCUT2D eigenvalue weighted by atomic mass is 19.1. The minimum atomic E-state index is -0.628. The van der Waals surface area contributed by atoms with E-state index in [0.717, 1.165) is 43.7 Å². The van der Waals surface area contributed by atoms with Crippen LogP contribution in [-0.4, -0.2) is 39.3 Å². The first-order chi connectivity index (χ1) is 12.9. The highest BCUT2D eigenvalue weighted by Gasteiger charge is 2.20. The minimum Gasteiger partial charge on any atom is -0.378 e. The lowest BCUT2D eigenvalue weighted by Gasteiger charge is -2.29. The number of rotatable bonds is 5. The largest absolute Gasteiger partial charge is 0.378 e. The highest BCUT2D eigenvalue weighted by molar-refractivity contribution is 5.94. The molecule has 27 heavy (non-hydrogen) atoms. The van der Waals surface area contributed by atoms with Crippen LogP contribution in [0.2, 0.25) is 0 Å². The number of amides is 1. The van der Waals surface area contributed by atoms with Gasteiger partial charge in [-0.15, -0.1) is 0 Å². The Balaban J connectivity index is 1.65. The molecule has 6 heteroatoms. The van der Waals surface area contributed by atoms with Gasteiger partial charge in [0.1, 0.15) is 11.6 Å². The molecule has 2 aromatic rings. The van der Waals surface area contributed by atoms with Crippen LogP contribution in [-0.2, 0) is 16.0 Å². The normalized spacial score (nSPS) is 15.5. The maximum atomic E-state index is 13.3. The fourth-order valence-corrected chi connectivity index (χ4v) is 3.34. The fourth-order valence-electron chi connectivity index (χ4n) is 3.34. The molecule has 1 aliphatic rings. The molecule has 1 fully saturated rings. The molecule has 144 valence electrons. The number of nitrogens with zero attached hydrogens (tertiary/aromatic N) is 2. The zero-order valence-electron chi connectivity index (χ0n) is 15.6. The minimum absolute atomic E-state index is 0.0983.